The third kappa shape index (κ3) is 4.65. The number of nitrogens with zero attached hydrogens (tertiary/aromatic N) is 1. The number of benzene rings is 1. The Balaban J connectivity index is 2.75. The third-order valence-electron chi connectivity index (χ3n) is 2.62. The lowest BCUT2D eigenvalue weighted by atomic mass is 10.2. The van der Waals surface area contributed by atoms with Gasteiger partial charge in [0.05, 0.1) is 0 Å². The van der Waals surface area contributed by atoms with Crippen LogP contribution in [0.2, 0.25) is 0 Å². The predicted octanol–water partition coefficient (Wildman–Crippen LogP) is 2.29. The van der Waals surface area contributed by atoms with Crippen LogP contribution in [-0.2, 0) is 4.79 Å². The topological polar surface area (TPSA) is 85.2 Å². The van der Waals surface area contributed by atoms with E-state index in [1.165, 1.54) is 12.3 Å². The lowest BCUT2D eigenvalue weighted by Gasteiger charge is -2.08. The van der Waals surface area contributed by atoms with Gasteiger partial charge >= 0.3 is 0 Å². The van der Waals surface area contributed by atoms with Crippen molar-refractivity contribution in [3.8, 4) is 11.8 Å². The fourth-order valence-corrected chi connectivity index (χ4v) is 1.50. The van der Waals surface area contributed by atoms with E-state index in [4.69, 9.17) is 5.26 Å². The molecule has 0 spiro atoms. The molecule has 0 saturated heterocycles. The Morgan fingerprint density at radius 1 is 1.50 bits per heavy atom. The van der Waals surface area contributed by atoms with Crippen LogP contribution in [0.15, 0.2) is 30.0 Å². The molecule has 0 radical (unpaired) electrons. The number of aromatic hydroxyl groups is 1. The van der Waals surface area contributed by atoms with Gasteiger partial charge in [0.15, 0.2) is 0 Å². The minimum atomic E-state index is -0.398. The van der Waals surface area contributed by atoms with Crippen molar-refractivity contribution < 1.29 is 9.90 Å². The molecule has 1 rings (SSSR count). The maximum atomic E-state index is 11.8. The highest BCUT2D eigenvalue weighted by atomic mass is 16.3. The summed E-state index contributed by atoms with van der Waals surface area (Å²) in [6.07, 6.45) is 1.37. The van der Waals surface area contributed by atoms with Crippen LogP contribution in [0.3, 0.4) is 0 Å². The van der Waals surface area contributed by atoms with Crippen molar-refractivity contribution in [2.24, 2.45) is 5.92 Å². The largest absolute Gasteiger partial charge is 0.508 e. The second-order valence-corrected chi connectivity index (χ2v) is 4.92. The molecular formula is C15H19N3O2. The minimum Gasteiger partial charge on any atom is -0.508 e. The summed E-state index contributed by atoms with van der Waals surface area (Å²) < 4.78 is 0. The van der Waals surface area contributed by atoms with Crippen LogP contribution in [0.4, 0.5) is 5.69 Å². The quantitative estimate of drug-likeness (QED) is 0.436. The molecule has 0 saturated carbocycles. The van der Waals surface area contributed by atoms with E-state index in [2.05, 4.69) is 10.6 Å². The molecule has 0 atom stereocenters. The number of hydrogen-bond acceptors (Lipinski definition) is 4. The van der Waals surface area contributed by atoms with Gasteiger partial charge in [-0.3, -0.25) is 4.79 Å². The van der Waals surface area contributed by atoms with E-state index in [-0.39, 0.29) is 11.3 Å². The first-order chi connectivity index (χ1) is 9.43. The van der Waals surface area contributed by atoms with Crippen LogP contribution in [-0.4, -0.2) is 17.6 Å². The number of phenols is 1. The Kier molecular flexibility index (Phi) is 5.60. The number of carbonyl (C=O) groups is 1. The van der Waals surface area contributed by atoms with Crippen LogP contribution in [0, 0.1) is 24.2 Å². The molecular weight excluding hydrogens is 254 g/mol. The molecule has 0 fully saturated rings. The molecule has 3 N–H and O–H groups in total. The number of amides is 1. The Labute approximate surface area is 118 Å². The molecule has 1 aromatic carbocycles. The van der Waals surface area contributed by atoms with Crippen molar-refractivity contribution in [3.63, 3.8) is 0 Å². The van der Waals surface area contributed by atoms with Gasteiger partial charge in [-0.15, -0.1) is 0 Å². The summed E-state index contributed by atoms with van der Waals surface area (Å²) in [6, 6.07) is 6.68. The average Bonchev–Trinajstić information content (AvgIpc) is 2.39. The molecule has 20 heavy (non-hydrogen) atoms. The van der Waals surface area contributed by atoms with Gasteiger partial charge in [0, 0.05) is 18.4 Å². The van der Waals surface area contributed by atoms with Gasteiger partial charge in [-0.25, -0.2) is 0 Å². The van der Waals surface area contributed by atoms with Crippen molar-refractivity contribution in [2.45, 2.75) is 20.8 Å². The molecule has 0 heterocycles. The second kappa shape index (κ2) is 7.19. The predicted molar refractivity (Wildman–Crippen MR) is 78.0 cm³/mol. The molecule has 1 aromatic rings. The number of rotatable bonds is 5. The summed E-state index contributed by atoms with van der Waals surface area (Å²) in [7, 11) is 0. The van der Waals surface area contributed by atoms with E-state index in [1.54, 1.807) is 12.1 Å². The zero-order valence-electron chi connectivity index (χ0n) is 11.9. The molecule has 0 aliphatic rings. The highest BCUT2D eigenvalue weighted by Gasteiger charge is 2.09. The summed E-state index contributed by atoms with van der Waals surface area (Å²) >= 11 is 0. The van der Waals surface area contributed by atoms with Crippen LogP contribution in [0.25, 0.3) is 0 Å². The smallest absolute Gasteiger partial charge is 0.263 e. The Morgan fingerprint density at radius 3 is 2.75 bits per heavy atom. The first-order valence-corrected chi connectivity index (χ1v) is 6.38. The van der Waals surface area contributed by atoms with Crippen molar-refractivity contribution in [3.05, 3.63) is 35.5 Å². The van der Waals surface area contributed by atoms with E-state index in [1.807, 2.05) is 26.8 Å². The lowest BCUT2D eigenvalue weighted by Crippen LogP contribution is -2.28. The zero-order chi connectivity index (χ0) is 15.1. The first-order valence-electron chi connectivity index (χ1n) is 6.38. The van der Waals surface area contributed by atoms with Crippen molar-refractivity contribution >= 4 is 11.6 Å². The van der Waals surface area contributed by atoms with Gasteiger partial charge in [0.2, 0.25) is 0 Å². The van der Waals surface area contributed by atoms with Crippen LogP contribution in [0.5, 0.6) is 5.75 Å². The summed E-state index contributed by atoms with van der Waals surface area (Å²) in [4.78, 5) is 11.8. The van der Waals surface area contributed by atoms with Gasteiger partial charge in [-0.05, 0) is 36.6 Å². The number of hydrogen-bond donors (Lipinski definition) is 3. The summed E-state index contributed by atoms with van der Waals surface area (Å²) in [5, 5.41) is 23.9. The fourth-order valence-electron chi connectivity index (χ4n) is 1.50. The monoisotopic (exact) mass is 273 g/mol. The van der Waals surface area contributed by atoms with Gasteiger partial charge in [0.25, 0.3) is 5.91 Å². The van der Waals surface area contributed by atoms with Crippen LogP contribution >= 0.6 is 0 Å². The van der Waals surface area contributed by atoms with Gasteiger partial charge in [0.1, 0.15) is 17.4 Å². The highest BCUT2D eigenvalue weighted by Crippen LogP contribution is 2.20. The van der Waals surface area contributed by atoms with Crippen molar-refractivity contribution in [1.82, 2.24) is 5.32 Å². The van der Waals surface area contributed by atoms with E-state index in [9.17, 15) is 9.90 Å². The van der Waals surface area contributed by atoms with E-state index < -0.39 is 5.91 Å². The maximum Gasteiger partial charge on any atom is 0.263 e. The molecule has 5 nitrogen and oxygen atoms in total. The number of carbonyl (C=O) groups excluding carboxylic acids is 1. The second-order valence-electron chi connectivity index (χ2n) is 4.92. The molecule has 5 heteroatoms. The van der Waals surface area contributed by atoms with Gasteiger partial charge < -0.3 is 15.7 Å². The van der Waals surface area contributed by atoms with Crippen LogP contribution < -0.4 is 10.6 Å². The molecule has 1 amide bonds. The number of phenolic OH excluding ortho intramolecular Hbond substituents is 1. The standard InChI is InChI=1S/C15H19N3O2/c1-10(2)8-18-15(20)12(7-16)9-17-14-5-4-13(19)6-11(14)3/h4-6,9-10,17,19H,8H2,1-3H3,(H,18,20)/b12-9-. The van der Waals surface area contributed by atoms with Gasteiger partial charge in [-0.1, -0.05) is 13.8 Å². The Bertz CT molecular complexity index is 557. The molecule has 106 valence electrons. The van der Waals surface area contributed by atoms with E-state index in [0.717, 1.165) is 11.3 Å². The molecule has 0 bridgehead atoms. The highest BCUT2D eigenvalue weighted by molar-refractivity contribution is 5.97. The van der Waals surface area contributed by atoms with Crippen molar-refractivity contribution in [1.29, 1.82) is 5.26 Å². The van der Waals surface area contributed by atoms with E-state index >= 15 is 0 Å². The SMILES string of the molecule is Cc1cc(O)ccc1N/C=C(/C#N)C(=O)NCC(C)C. The Hall–Kier alpha value is -2.48. The minimum absolute atomic E-state index is 0.0122. The fraction of sp³-hybridized carbons (Fsp3) is 0.333. The zero-order valence-corrected chi connectivity index (χ0v) is 11.9. The summed E-state index contributed by atoms with van der Waals surface area (Å²) in [5.74, 6) is 0.100. The summed E-state index contributed by atoms with van der Waals surface area (Å²) in [6.45, 7) is 6.30. The number of nitriles is 1. The van der Waals surface area contributed by atoms with Crippen LogP contribution in [0.1, 0.15) is 19.4 Å². The van der Waals surface area contributed by atoms with E-state index in [0.29, 0.717) is 12.5 Å². The summed E-state index contributed by atoms with van der Waals surface area (Å²) in [5.41, 5.74) is 1.56. The lowest BCUT2D eigenvalue weighted by molar-refractivity contribution is -0.117. The van der Waals surface area contributed by atoms with Gasteiger partial charge in [-0.2, -0.15) is 5.26 Å². The first kappa shape index (κ1) is 15.6. The third-order valence-corrected chi connectivity index (χ3v) is 2.62. The number of anilines is 1. The molecule has 0 aliphatic carbocycles. The number of nitrogens with one attached hydrogen (secondary N) is 2. The maximum absolute atomic E-state index is 11.8. The Morgan fingerprint density at radius 2 is 2.20 bits per heavy atom. The molecule has 0 aliphatic heterocycles. The number of aryl methyl sites for hydroxylation is 1. The molecule has 0 aromatic heterocycles. The molecule has 0 unspecified atom stereocenters. The average molecular weight is 273 g/mol. The van der Waals surface area contributed by atoms with Crippen molar-refractivity contribution in [2.75, 3.05) is 11.9 Å². The normalized spacial score (nSPS) is 11.1.